The van der Waals surface area contributed by atoms with E-state index in [4.69, 9.17) is 16.9 Å². The van der Waals surface area contributed by atoms with Crippen LogP contribution in [0.25, 0.3) is 11.0 Å². The fourth-order valence-electron chi connectivity index (χ4n) is 1.34. The number of rotatable bonds is 3. The molecule has 0 amide bonds. The SMILES string of the molecule is CC(C#N)S(=O)(=O)Nc1nc2ccccc2nc1Cl. The number of aromatic nitrogens is 2. The smallest absolute Gasteiger partial charge is 0.250 e. The molecule has 98 valence electrons. The predicted octanol–water partition coefficient (Wildman–Crippen LogP) is 1.94. The predicted molar refractivity (Wildman–Crippen MR) is 72.2 cm³/mol. The number of nitrogens with zero attached hydrogens (tertiary/aromatic N) is 3. The molecule has 0 aliphatic carbocycles. The van der Waals surface area contributed by atoms with Gasteiger partial charge in [-0.1, -0.05) is 23.7 Å². The van der Waals surface area contributed by atoms with Crippen molar-refractivity contribution in [1.29, 1.82) is 5.26 Å². The van der Waals surface area contributed by atoms with Gasteiger partial charge in [-0.2, -0.15) is 5.26 Å². The highest BCUT2D eigenvalue weighted by molar-refractivity contribution is 7.93. The van der Waals surface area contributed by atoms with E-state index in [0.29, 0.717) is 11.0 Å². The summed E-state index contributed by atoms with van der Waals surface area (Å²) < 4.78 is 25.7. The zero-order chi connectivity index (χ0) is 14.0. The lowest BCUT2D eigenvalue weighted by atomic mass is 10.3. The van der Waals surface area contributed by atoms with Gasteiger partial charge in [-0.3, -0.25) is 4.72 Å². The summed E-state index contributed by atoms with van der Waals surface area (Å²) in [5.74, 6) is -0.0810. The van der Waals surface area contributed by atoms with Crippen LogP contribution in [0.5, 0.6) is 0 Å². The Bertz CT molecular complexity index is 770. The van der Waals surface area contributed by atoms with Gasteiger partial charge in [0.1, 0.15) is 0 Å². The van der Waals surface area contributed by atoms with E-state index in [1.165, 1.54) is 6.92 Å². The molecule has 0 radical (unpaired) electrons. The summed E-state index contributed by atoms with van der Waals surface area (Å²) >= 11 is 5.87. The second kappa shape index (κ2) is 4.99. The lowest BCUT2D eigenvalue weighted by Crippen LogP contribution is -2.24. The lowest BCUT2D eigenvalue weighted by Gasteiger charge is -2.10. The monoisotopic (exact) mass is 296 g/mol. The zero-order valence-electron chi connectivity index (χ0n) is 9.83. The van der Waals surface area contributed by atoms with Crippen LogP contribution in [0.2, 0.25) is 5.15 Å². The number of sulfonamides is 1. The van der Waals surface area contributed by atoms with Crippen molar-refractivity contribution < 1.29 is 8.42 Å². The first-order valence-electron chi connectivity index (χ1n) is 5.27. The third kappa shape index (κ3) is 2.75. The number of para-hydroxylation sites is 2. The summed E-state index contributed by atoms with van der Waals surface area (Å²) in [6.07, 6.45) is 0. The quantitative estimate of drug-likeness (QED) is 0.933. The summed E-state index contributed by atoms with van der Waals surface area (Å²) in [6.45, 7) is 1.27. The van der Waals surface area contributed by atoms with Gasteiger partial charge in [-0.15, -0.1) is 0 Å². The molecule has 1 unspecified atom stereocenters. The van der Waals surface area contributed by atoms with Crippen molar-refractivity contribution in [2.45, 2.75) is 12.2 Å². The molecule has 19 heavy (non-hydrogen) atoms. The van der Waals surface area contributed by atoms with Gasteiger partial charge in [-0.25, -0.2) is 18.4 Å². The average Bonchev–Trinajstić information content (AvgIpc) is 2.38. The van der Waals surface area contributed by atoms with Crippen molar-refractivity contribution in [2.75, 3.05) is 4.72 Å². The van der Waals surface area contributed by atoms with Gasteiger partial charge in [0.2, 0.25) is 10.0 Å². The van der Waals surface area contributed by atoms with Crippen LogP contribution in [0.3, 0.4) is 0 Å². The Labute approximate surface area is 115 Å². The van der Waals surface area contributed by atoms with Crippen LogP contribution in [-0.4, -0.2) is 23.6 Å². The zero-order valence-corrected chi connectivity index (χ0v) is 11.4. The van der Waals surface area contributed by atoms with Crippen molar-refractivity contribution in [2.24, 2.45) is 0 Å². The Balaban J connectivity index is 2.47. The van der Waals surface area contributed by atoms with Crippen LogP contribution in [-0.2, 0) is 10.0 Å². The first kappa shape index (κ1) is 13.5. The molecule has 1 aromatic carbocycles. The fourth-order valence-corrected chi connectivity index (χ4v) is 2.30. The molecule has 0 aliphatic rings. The van der Waals surface area contributed by atoms with E-state index in [0.717, 1.165) is 0 Å². The Morgan fingerprint density at radius 1 is 1.32 bits per heavy atom. The molecule has 2 aromatic rings. The van der Waals surface area contributed by atoms with Gasteiger partial charge in [0, 0.05) is 0 Å². The van der Waals surface area contributed by atoms with E-state index in [9.17, 15) is 8.42 Å². The molecular formula is C11H9ClN4O2S. The number of nitriles is 1. The van der Waals surface area contributed by atoms with Crippen molar-refractivity contribution in [3.8, 4) is 6.07 Å². The Morgan fingerprint density at radius 2 is 1.89 bits per heavy atom. The van der Waals surface area contributed by atoms with Crippen molar-refractivity contribution in [3.63, 3.8) is 0 Å². The van der Waals surface area contributed by atoms with Gasteiger partial charge in [0.25, 0.3) is 0 Å². The molecule has 1 heterocycles. The van der Waals surface area contributed by atoms with E-state index < -0.39 is 15.3 Å². The molecule has 1 N–H and O–H groups in total. The first-order valence-corrected chi connectivity index (χ1v) is 7.20. The van der Waals surface area contributed by atoms with Crippen LogP contribution in [0.15, 0.2) is 24.3 Å². The minimum Gasteiger partial charge on any atom is -0.264 e. The minimum atomic E-state index is -3.85. The Kier molecular flexibility index (Phi) is 3.55. The minimum absolute atomic E-state index is 0.0626. The van der Waals surface area contributed by atoms with Crippen molar-refractivity contribution >= 4 is 38.5 Å². The van der Waals surface area contributed by atoms with E-state index in [1.807, 2.05) is 0 Å². The Hall–Kier alpha value is -1.91. The fraction of sp³-hybridized carbons (Fsp3) is 0.182. The topological polar surface area (TPSA) is 95.7 Å². The van der Waals surface area contributed by atoms with Crippen LogP contribution in [0, 0.1) is 11.3 Å². The van der Waals surface area contributed by atoms with Gasteiger partial charge in [0.05, 0.1) is 17.1 Å². The molecule has 0 spiro atoms. The maximum atomic E-state index is 11.8. The van der Waals surface area contributed by atoms with Crippen LogP contribution < -0.4 is 4.72 Å². The van der Waals surface area contributed by atoms with E-state index >= 15 is 0 Å². The second-order valence-corrected chi connectivity index (χ2v) is 6.13. The number of halogens is 1. The van der Waals surface area contributed by atoms with Crippen LogP contribution in [0.4, 0.5) is 5.82 Å². The standard InChI is InChI=1S/C11H9ClN4O2S/c1-7(6-13)19(17,18)16-11-10(12)14-8-4-2-3-5-9(8)15-11/h2-5,7H,1H3,(H,15,16). The Morgan fingerprint density at radius 3 is 2.47 bits per heavy atom. The van der Waals surface area contributed by atoms with Crippen molar-refractivity contribution in [1.82, 2.24) is 9.97 Å². The van der Waals surface area contributed by atoms with Crippen LogP contribution >= 0.6 is 11.6 Å². The number of hydrogen-bond donors (Lipinski definition) is 1. The second-order valence-electron chi connectivity index (χ2n) is 3.77. The van der Waals surface area contributed by atoms with Crippen LogP contribution in [0.1, 0.15) is 6.92 Å². The largest absolute Gasteiger partial charge is 0.264 e. The molecule has 0 saturated carbocycles. The molecule has 2 rings (SSSR count). The summed E-state index contributed by atoms with van der Waals surface area (Å²) in [6, 6.07) is 8.56. The molecule has 0 aliphatic heterocycles. The summed E-state index contributed by atoms with van der Waals surface area (Å²) in [7, 11) is -3.85. The molecule has 0 saturated heterocycles. The molecular weight excluding hydrogens is 288 g/mol. The van der Waals surface area contributed by atoms with E-state index in [2.05, 4.69) is 14.7 Å². The van der Waals surface area contributed by atoms with Gasteiger partial charge < -0.3 is 0 Å². The van der Waals surface area contributed by atoms with Gasteiger partial charge >= 0.3 is 0 Å². The molecule has 6 nitrogen and oxygen atoms in total. The summed E-state index contributed by atoms with van der Waals surface area (Å²) in [5, 5.41) is 7.38. The van der Waals surface area contributed by atoms with Gasteiger partial charge in [0.15, 0.2) is 16.2 Å². The summed E-state index contributed by atoms with van der Waals surface area (Å²) in [4.78, 5) is 8.12. The first-order chi connectivity index (χ1) is 8.94. The molecule has 0 fully saturated rings. The molecule has 0 bridgehead atoms. The maximum Gasteiger partial charge on any atom is 0.250 e. The third-order valence-corrected chi connectivity index (χ3v) is 4.19. The summed E-state index contributed by atoms with van der Waals surface area (Å²) in [5.41, 5.74) is 1.07. The third-order valence-electron chi connectivity index (χ3n) is 2.41. The van der Waals surface area contributed by atoms with Gasteiger partial charge in [-0.05, 0) is 19.1 Å². The molecule has 8 heteroatoms. The number of nitrogens with one attached hydrogen (secondary N) is 1. The highest BCUT2D eigenvalue weighted by atomic mass is 35.5. The highest BCUT2D eigenvalue weighted by Gasteiger charge is 2.22. The number of anilines is 1. The maximum absolute atomic E-state index is 11.8. The number of fused-ring (bicyclic) bond motifs is 1. The number of hydrogen-bond acceptors (Lipinski definition) is 5. The van der Waals surface area contributed by atoms with Crippen molar-refractivity contribution in [3.05, 3.63) is 29.4 Å². The highest BCUT2D eigenvalue weighted by Crippen LogP contribution is 2.22. The molecule has 1 atom stereocenters. The van der Waals surface area contributed by atoms with E-state index in [1.54, 1.807) is 30.3 Å². The normalized spacial score (nSPS) is 12.9. The number of benzene rings is 1. The molecule has 1 aromatic heterocycles. The van der Waals surface area contributed by atoms with E-state index in [-0.39, 0.29) is 11.0 Å². The lowest BCUT2D eigenvalue weighted by molar-refractivity contribution is 0.597. The average molecular weight is 297 g/mol.